The predicted octanol–water partition coefficient (Wildman–Crippen LogP) is 2.51. The number of pyridine rings is 1. The van der Waals surface area contributed by atoms with Crippen LogP contribution in [0.25, 0.3) is 0 Å². The molecule has 3 heteroatoms. The predicted molar refractivity (Wildman–Crippen MR) is 70.1 cm³/mol. The molecule has 0 amide bonds. The molecule has 1 aromatic heterocycles. The molecule has 0 bridgehead atoms. The molecule has 3 nitrogen and oxygen atoms in total. The van der Waals surface area contributed by atoms with Crippen molar-refractivity contribution < 1.29 is 5.11 Å². The third kappa shape index (κ3) is 2.97. The number of hydrogen-bond acceptors (Lipinski definition) is 3. The maximum Gasteiger partial charge on any atom is 0.0717 e. The molecule has 1 aliphatic heterocycles. The lowest BCUT2D eigenvalue weighted by Crippen LogP contribution is -2.25. The Labute approximate surface area is 103 Å². The summed E-state index contributed by atoms with van der Waals surface area (Å²) in [6, 6.07) is 2.10. The Morgan fingerprint density at radius 1 is 1.41 bits per heavy atom. The summed E-state index contributed by atoms with van der Waals surface area (Å²) in [7, 11) is 0. The van der Waals surface area contributed by atoms with Crippen LogP contribution in [0.1, 0.15) is 37.4 Å². The molecule has 2 rings (SSSR count). The van der Waals surface area contributed by atoms with Crippen molar-refractivity contribution in [1.29, 1.82) is 0 Å². The van der Waals surface area contributed by atoms with Crippen molar-refractivity contribution >= 4 is 5.69 Å². The fraction of sp³-hybridized carbons (Fsp3) is 0.643. The number of nitrogens with zero attached hydrogens (tertiary/aromatic N) is 2. The zero-order chi connectivity index (χ0) is 12.3. The second kappa shape index (κ2) is 5.50. The van der Waals surface area contributed by atoms with Crippen molar-refractivity contribution in [3.63, 3.8) is 0 Å². The summed E-state index contributed by atoms with van der Waals surface area (Å²) in [5, 5.41) is 9.40. The molecule has 0 spiro atoms. The van der Waals surface area contributed by atoms with Gasteiger partial charge in [-0.3, -0.25) is 4.98 Å². The summed E-state index contributed by atoms with van der Waals surface area (Å²) in [5.41, 5.74) is 3.15. The Hall–Kier alpha value is -1.09. The Kier molecular flexibility index (Phi) is 4.00. The van der Waals surface area contributed by atoms with Crippen LogP contribution >= 0.6 is 0 Å². The number of anilines is 1. The summed E-state index contributed by atoms with van der Waals surface area (Å²) < 4.78 is 0. The van der Waals surface area contributed by atoms with Crippen LogP contribution in [0, 0.1) is 12.8 Å². The van der Waals surface area contributed by atoms with E-state index in [4.69, 9.17) is 0 Å². The van der Waals surface area contributed by atoms with Gasteiger partial charge < -0.3 is 10.0 Å². The Balaban J connectivity index is 2.22. The van der Waals surface area contributed by atoms with E-state index < -0.39 is 0 Å². The lowest BCUT2D eigenvalue weighted by molar-refractivity contribution is 0.281. The second-order valence-corrected chi connectivity index (χ2v) is 5.14. The lowest BCUT2D eigenvalue weighted by Gasteiger charge is -2.25. The molecule has 1 fully saturated rings. The van der Waals surface area contributed by atoms with Crippen molar-refractivity contribution in [3.05, 3.63) is 23.5 Å². The topological polar surface area (TPSA) is 36.4 Å². The van der Waals surface area contributed by atoms with Gasteiger partial charge in [0.25, 0.3) is 0 Å². The molecule has 0 aromatic carbocycles. The molecule has 1 atom stereocenters. The molecule has 0 radical (unpaired) electrons. The van der Waals surface area contributed by atoms with Crippen molar-refractivity contribution in [2.45, 2.75) is 39.7 Å². The van der Waals surface area contributed by atoms with E-state index in [2.05, 4.69) is 22.9 Å². The van der Waals surface area contributed by atoms with Crippen LogP contribution in [-0.4, -0.2) is 23.2 Å². The zero-order valence-electron chi connectivity index (χ0n) is 10.8. The van der Waals surface area contributed by atoms with Crippen LogP contribution in [0.15, 0.2) is 12.3 Å². The summed E-state index contributed by atoms with van der Waals surface area (Å²) >= 11 is 0. The molecule has 1 saturated heterocycles. The van der Waals surface area contributed by atoms with Gasteiger partial charge in [-0.1, -0.05) is 6.92 Å². The molecular formula is C14H22N2O. The van der Waals surface area contributed by atoms with Crippen LogP contribution in [0.5, 0.6) is 0 Å². The van der Waals surface area contributed by atoms with Gasteiger partial charge in [-0.05, 0) is 38.2 Å². The van der Waals surface area contributed by atoms with Gasteiger partial charge in [0.2, 0.25) is 0 Å². The summed E-state index contributed by atoms with van der Waals surface area (Å²) in [6.07, 6.45) is 5.60. The Morgan fingerprint density at radius 2 is 2.24 bits per heavy atom. The van der Waals surface area contributed by atoms with Crippen LogP contribution in [0.2, 0.25) is 0 Å². The largest absolute Gasteiger partial charge is 0.392 e. The van der Waals surface area contributed by atoms with Gasteiger partial charge in [-0.2, -0.15) is 0 Å². The van der Waals surface area contributed by atoms with Crippen molar-refractivity contribution in [1.82, 2.24) is 4.98 Å². The van der Waals surface area contributed by atoms with Gasteiger partial charge in [0.1, 0.15) is 0 Å². The highest BCUT2D eigenvalue weighted by Gasteiger charge is 2.16. The first-order valence-electron chi connectivity index (χ1n) is 6.52. The minimum Gasteiger partial charge on any atom is -0.392 e. The molecule has 1 N–H and O–H groups in total. The van der Waals surface area contributed by atoms with Gasteiger partial charge in [0.05, 0.1) is 6.61 Å². The average molecular weight is 234 g/mol. The molecule has 1 aromatic rings. The highest BCUT2D eigenvalue weighted by atomic mass is 16.3. The molecule has 1 unspecified atom stereocenters. The number of aliphatic hydroxyl groups excluding tert-OH is 1. The van der Waals surface area contributed by atoms with Crippen molar-refractivity contribution in [2.24, 2.45) is 5.92 Å². The maximum absolute atomic E-state index is 9.40. The molecule has 1 aliphatic rings. The first kappa shape index (κ1) is 12.4. The van der Waals surface area contributed by atoms with Crippen LogP contribution in [0.4, 0.5) is 5.69 Å². The summed E-state index contributed by atoms with van der Waals surface area (Å²) in [4.78, 5) is 6.66. The molecule has 17 heavy (non-hydrogen) atoms. The molecule has 2 heterocycles. The van der Waals surface area contributed by atoms with Gasteiger partial charge in [-0.25, -0.2) is 0 Å². The maximum atomic E-state index is 9.40. The first-order valence-corrected chi connectivity index (χ1v) is 6.52. The van der Waals surface area contributed by atoms with Crippen LogP contribution in [-0.2, 0) is 6.61 Å². The van der Waals surface area contributed by atoms with E-state index in [-0.39, 0.29) is 6.61 Å². The van der Waals surface area contributed by atoms with Gasteiger partial charge >= 0.3 is 0 Å². The minimum atomic E-state index is 0.0780. The summed E-state index contributed by atoms with van der Waals surface area (Å²) in [6.45, 7) is 6.60. The van der Waals surface area contributed by atoms with E-state index in [1.54, 1.807) is 6.20 Å². The number of hydrogen-bond donors (Lipinski definition) is 1. The lowest BCUT2D eigenvalue weighted by atomic mass is 10.0. The third-order valence-corrected chi connectivity index (χ3v) is 3.63. The SMILES string of the molecule is Cc1cc(N2CCCC(C)CC2)c(CO)cn1. The van der Waals surface area contributed by atoms with E-state index >= 15 is 0 Å². The molecule has 94 valence electrons. The normalized spacial score (nSPS) is 21.4. The highest BCUT2D eigenvalue weighted by Crippen LogP contribution is 2.25. The number of rotatable bonds is 2. The van der Waals surface area contributed by atoms with Crippen molar-refractivity contribution in [2.75, 3.05) is 18.0 Å². The number of aryl methyl sites for hydroxylation is 1. The van der Waals surface area contributed by atoms with Gasteiger partial charge in [-0.15, -0.1) is 0 Å². The second-order valence-electron chi connectivity index (χ2n) is 5.14. The quantitative estimate of drug-likeness (QED) is 0.854. The monoisotopic (exact) mass is 234 g/mol. The molecule has 0 saturated carbocycles. The third-order valence-electron chi connectivity index (χ3n) is 3.63. The standard InChI is InChI=1S/C14H22N2O/c1-11-4-3-6-16(7-5-11)14-8-12(2)15-9-13(14)10-17/h8-9,11,17H,3-7,10H2,1-2H3. The van der Waals surface area contributed by atoms with Gasteiger partial charge in [0.15, 0.2) is 0 Å². The zero-order valence-corrected chi connectivity index (χ0v) is 10.8. The average Bonchev–Trinajstić information content (AvgIpc) is 2.54. The fourth-order valence-electron chi connectivity index (χ4n) is 2.49. The first-order chi connectivity index (χ1) is 8.20. The van der Waals surface area contributed by atoms with E-state index in [1.807, 2.05) is 6.92 Å². The van der Waals surface area contributed by atoms with Gasteiger partial charge in [0, 0.05) is 36.2 Å². The Bertz CT molecular complexity index is 378. The molecular weight excluding hydrogens is 212 g/mol. The summed E-state index contributed by atoms with van der Waals surface area (Å²) in [5.74, 6) is 0.820. The van der Waals surface area contributed by atoms with E-state index in [0.717, 1.165) is 30.3 Å². The Morgan fingerprint density at radius 3 is 3.00 bits per heavy atom. The fourth-order valence-corrected chi connectivity index (χ4v) is 2.49. The van der Waals surface area contributed by atoms with Crippen LogP contribution in [0.3, 0.4) is 0 Å². The smallest absolute Gasteiger partial charge is 0.0717 e. The van der Waals surface area contributed by atoms with E-state index in [0.29, 0.717) is 0 Å². The highest BCUT2D eigenvalue weighted by molar-refractivity contribution is 5.53. The van der Waals surface area contributed by atoms with Crippen LogP contribution < -0.4 is 4.90 Å². The van der Waals surface area contributed by atoms with Crippen molar-refractivity contribution in [3.8, 4) is 0 Å². The molecule has 0 aliphatic carbocycles. The number of aliphatic hydroxyl groups is 1. The van der Waals surface area contributed by atoms with E-state index in [9.17, 15) is 5.11 Å². The minimum absolute atomic E-state index is 0.0780. The van der Waals surface area contributed by atoms with E-state index in [1.165, 1.54) is 24.9 Å². The number of aromatic nitrogens is 1.